The Hall–Kier alpha value is -8.46. The average Bonchev–Trinajstić information content (AvgIpc) is 2.31. The van der Waals surface area contributed by atoms with Gasteiger partial charge in [-0.25, -0.2) is 39.9 Å². The summed E-state index contributed by atoms with van der Waals surface area (Å²) in [6.07, 6.45) is 0. The first-order chi connectivity index (χ1) is 41.5. The maximum absolute atomic E-state index is 15.1. The van der Waals surface area contributed by atoms with E-state index in [1.54, 1.807) is 48.5 Å². The Labute approximate surface area is 501 Å². The fourth-order valence-corrected chi connectivity index (χ4v) is 19.8. The summed E-state index contributed by atoms with van der Waals surface area (Å²) < 4.78 is 60.6. The SMILES string of the molecule is CO.ClCCl.O=P1(c2ccccc2)c2cccc(n2)-c2cccc(n2)P(=O)(c2ccccc2)c2cccc(n2)-c2cccc1n2.O=P1(c2ccccc2)c2cccc(n2)-c2cccc(n2)P(=O)(c2ccccc2)c2cccc(n2)-c2cccc1n2. The number of fused-ring (bicyclic) bond motifs is 20. The molecule has 0 saturated carbocycles. The third kappa shape index (κ3) is 11.1. The van der Waals surface area contributed by atoms with Crippen molar-refractivity contribution in [3.63, 3.8) is 0 Å². The van der Waals surface area contributed by atoms with Crippen LogP contribution in [0.2, 0.25) is 0 Å². The van der Waals surface area contributed by atoms with E-state index in [2.05, 4.69) is 0 Å². The van der Waals surface area contributed by atoms with Crippen molar-refractivity contribution in [3.05, 3.63) is 267 Å². The van der Waals surface area contributed by atoms with Gasteiger partial charge in [-0.2, -0.15) is 0 Å². The van der Waals surface area contributed by atoms with Gasteiger partial charge in [0.15, 0.2) is 0 Å². The Morgan fingerprint density at radius 3 is 0.494 bits per heavy atom. The Balaban J connectivity index is 0.000000165. The molecule has 0 aliphatic carbocycles. The largest absolute Gasteiger partial charge is 0.400 e. The number of nitrogens with zero attached hydrogens (tertiary/aromatic N) is 8. The molecule has 12 aromatic rings. The summed E-state index contributed by atoms with van der Waals surface area (Å²) in [6.45, 7) is 0. The van der Waals surface area contributed by atoms with Crippen molar-refractivity contribution in [1.29, 1.82) is 0 Å². The second kappa shape index (κ2) is 25.4. The normalized spacial score (nSPS) is 18.5. The van der Waals surface area contributed by atoms with Crippen LogP contribution in [-0.2, 0) is 18.3 Å². The Morgan fingerprint density at radius 2 is 0.365 bits per heavy atom. The maximum Gasteiger partial charge on any atom is 0.206 e. The van der Waals surface area contributed by atoms with Gasteiger partial charge in [-0.05, 0) is 97.1 Å². The molecule has 14 rings (SSSR count). The minimum Gasteiger partial charge on any atom is -0.400 e. The van der Waals surface area contributed by atoms with Gasteiger partial charge in [0.1, 0.15) is 43.5 Å². The molecule has 10 heterocycles. The topological polar surface area (TPSA) is 192 Å². The summed E-state index contributed by atoms with van der Waals surface area (Å²) in [5.41, 5.74) is 7.47. The highest BCUT2D eigenvalue weighted by Gasteiger charge is 2.38. The van der Waals surface area contributed by atoms with Gasteiger partial charge in [0.2, 0.25) is 28.6 Å². The summed E-state index contributed by atoms with van der Waals surface area (Å²) >= 11 is 9.53. The minimum absolute atomic E-state index is 0.194. The van der Waals surface area contributed by atoms with Crippen molar-refractivity contribution in [2.24, 2.45) is 0 Å². The zero-order valence-electron chi connectivity index (χ0n) is 45.3. The molecule has 16 bridgehead atoms. The van der Waals surface area contributed by atoms with Gasteiger partial charge in [0.25, 0.3) is 0 Å². The van der Waals surface area contributed by atoms with Crippen molar-refractivity contribution >= 4 is 116 Å². The van der Waals surface area contributed by atoms with Crippen LogP contribution in [0.25, 0.3) is 45.6 Å². The van der Waals surface area contributed by atoms with Crippen LogP contribution in [0.4, 0.5) is 0 Å². The Morgan fingerprint density at radius 1 is 0.235 bits per heavy atom. The average molecular weight is 1230 g/mol. The molecular weight excluding hydrogens is 1180 g/mol. The van der Waals surface area contributed by atoms with Crippen LogP contribution in [-0.4, -0.2) is 57.4 Å². The van der Waals surface area contributed by atoms with Gasteiger partial charge < -0.3 is 23.4 Å². The van der Waals surface area contributed by atoms with Gasteiger partial charge in [-0.15, -0.1) is 23.2 Å². The summed E-state index contributed by atoms with van der Waals surface area (Å²) in [5.74, 6) is 0. The van der Waals surface area contributed by atoms with Crippen LogP contribution < -0.4 is 64.7 Å². The van der Waals surface area contributed by atoms with Crippen molar-refractivity contribution in [2.45, 2.75) is 0 Å². The number of pyridine rings is 8. The monoisotopic (exact) mass is 1230 g/mol. The number of alkyl halides is 2. The maximum atomic E-state index is 15.1. The second-order valence-corrected chi connectivity index (χ2v) is 30.3. The van der Waals surface area contributed by atoms with E-state index in [-0.39, 0.29) is 5.34 Å². The van der Waals surface area contributed by atoms with Crippen molar-refractivity contribution < 1.29 is 23.4 Å². The molecule has 8 aromatic heterocycles. The molecule has 0 spiro atoms. The minimum atomic E-state index is -3.47. The van der Waals surface area contributed by atoms with Crippen molar-refractivity contribution in [2.75, 3.05) is 12.4 Å². The zero-order chi connectivity index (χ0) is 59.0. The van der Waals surface area contributed by atoms with Crippen LogP contribution in [0.1, 0.15) is 0 Å². The lowest BCUT2D eigenvalue weighted by Gasteiger charge is -2.21. The summed E-state index contributed by atoms with van der Waals surface area (Å²) in [6, 6.07) is 80.7. The predicted molar refractivity (Wildman–Crippen MR) is 346 cm³/mol. The van der Waals surface area contributed by atoms with Gasteiger partial charge >= 0.3 is 0 Å². The number of hydrogen-bond donors (Lipinski definition) is 1. The van der Waals surface area contributed by atoms with Crippen molar-refractivity contribution in [3.8, 4) is 45.6 Å². The molecule has 13 nitrogen and oxygen atoms in total. The fraction of sp³-hybridized carbons (Fsp3) is 0.0303. The van der Waals surface area contributed by atoms with E-state index in [0.29, 0.717) is 110 Å². The van der Waals surface area contributed by atoms with Crippen LogP contribution in [0.15, 0.2) is 267 Å². The molecule has 0 unspecified atom stereocenters. The Kier molecular flexibility index (Phi) is 17.4. The van der Waals surface area contributed by atoms with Gasteiger partial charge in [0.05, 0.1) is 50.9 Å². The van der Waals surface area contributed by atoms with E-state index in [1.807, 2.05) is 218 Å². The number of rotatable bonds is 4. The summed E-state index contributed by atoms with van der Waals surface area (Å²) in [7, 11) is -12.9. The van der Waals surface area contributed by atoms with E-state index >= 15 is 18.3 Å². The lowest BCUT2D eigenvalue weighted by atomic mass is 10.2. The number of aliphatic hydroxyl groups excluding tert-OH is 1. The highest BCUT2D eigenvalue weighted by molar-refractivity contribution is 7.86. The first-order valence-electron chi connectivity index (χ1n) is 26.6. The number of aromatic nitrogens is 8. The molecule has 2 aliphatic rings. The molecule has 0 saturated heterocycles. The third-order valence-corrected chi connectivity index (χ3v) is 25.2. The fourth-order valence-electron chi connectivity index (χ4n) is 10.0. The number of benzene rings is 4. The lowest BCUT2D eigenvalue weighted by molar-refractivity contribution is 0.399. The van der Waals surface area contributed by atoms with E-state index in [9.17, 15) is 0 Å². The second-order valence-electron chi connectivity index (χ2n) is 18.9. The van der Waals surface area contributed by atoms with Gasteiger partial charge in [-0.1, -0.05) is 170 Å². The molecule has 418 valence electrons. The predicted octanol–water partition coefficient (Wildman–Crippen LogP) is 9.42. The van der Waals surface area contributed by atoms with E-state index in [1.165, 1.54) is 0 Å². The van der Waals surface area contributed by atoms with Crippen LogP contribution in [0, 0.1) is 0 Å². The quantitative estimate of drug-likeness (QED) is 0.130. The number of halogens is 2. The van der Waals surface area contributed by atoms with E-state index in [4.69, 9.17) is 68.2 Å². The first kappa shape index (κ1) is 58.3. The standard InChI is InChI=1S/2C32H22N4O2P2.CH2Cl2.CH4O/c2*37-39(23-11-3-1-4-12-23)29-19-7-15-25(33-29)27-17-9-21-31(35-27)40(38,24-13-5-2-6-14-24)32-22-10-18-28(36-32)26-16-8-20-30(39)34-26;2-1-3;1-2/h2*1-22H;1H2;2H,1H3. The van der Waals surface area contributed by atoms with Crippen LogP contribution >= 0.6 is 51.8 Å². The molecule has 2 aliphatic heterocycles. The lowest BCUT2D eigenvalue weighted by Crippen LogP contribution is -2.31. The number of hydrogen-bond acceptors (Lipinski definition) is 13. The molecule has 0 radical (unpaired) electrons. The molecule has 19 heteroatoms. The van der Waals surface area contributed by atoms with E-state index in [0.717, 1.165) is 7.11 Å². The molecule has 4 aromatic carbocycles. The summed E-state index contributed by atoms with van der Waals surface area (Å²) in [5, 5.41) is 9.73. The zero-order valence-corrected chi connectivity index (χ0v) is 50.4. The molecule has 85 heavy (non-hydrogen) atoms. The highest BCUT2D eigenvalue weighted by Crippen LogP contribution is 2.46. The Bertz CT molecular complexity index is 3800. The van der Waals surface area contributed by atoms with Crippen LogP contribution in [0.3, 0.4) is 0 Å². The van der Waals surface area contributed by atoms with E-state index < -0.39 is 28.6 Å². The van der Waals surface area contributed by atoms with Crippen molar-refractivity contribution in [1.82, 2.24) is 39.9 Å². The van der Waals surface area contributed by atoms with Crippen LogP contribution in [0.5, 0.6) is 0 Å². The first-order valence-corrected chi connectivity index (χ1v) is 34.5. The molecule has 1 N–H and O–H groups in total. The van der Waals surface area contributed by atoms with Gasteiger partial charge in [-0.3, -0.25) is 0 Å². The highest BCUT2D eigenvalue weighted by atomic mass is 35.5. The third-order valence-electron chi connectivity index (χ3n) is 14.0. The molecule has 0 fully saturated rings. The summed E-state index contributed by atoms with van der Waals surface area (Å²) in [4.78, 5) is 39.2. The smallest absolute Gasteiger partial charge is 0.206 e. The molecule has 0 atom stereocenters. The molecule has 0 amide bonds. The number of aliphatic hydroxyl groups is 1. The van der Waals surface area contributed by atoms with Gasteiger partial charge in [0, 0.05) is 28.3 Å². The molecular formula is C66H50Cl2N8O5P4.